The average Bonchev–Trinajstić information content (AvgIpc) is 4.13. The SMILES string of the molecule is CO[C@@H]1[C@H](OP(=O)([O-])CC[C@H]2O[C@@H](n3ccc(=O)[nH]c3=O)[C@H](O)[C@@H]2O)[C@@H](COP(=O)(O)OP(=O)(O)OP(=O)(O)OC[C@H]2O[C@@H]([n+]3cn(C)c4c(=O)[nH]c(N)nc43)[C@H](O)[C@@H]2CC(=O)N(C)C)O[C@H]1n1cnc2c(N)ncnc21. The lowest BCUT2D eigenvalue weighted by molar-refractivity contribution is -0.745. The van der Waals surface area contributed by atoms with Crippen molar-refractivity contribution in [2.24, 2.45) is 13.0 Å². The number of aromatic amines is 2. The number of hydrogen-bond donors (Lipinski definition) is 10. The third-order valence-electron chi connectivity index (χ3n) is 12.4. The quantitative estimate of drug-likeness (QED) is 0.0245. The topological polar surface area (TPSA) is 521 Å². The highest BCUT2D eigenvalue weighted by molar-refractivity contribution is 7.66. The van der Waals surface area contributed by atoms with Crippen LogP contribution < -0.4 is 37.7 Å². The summed E-state index contributed by atoms with van der Waals surface area (Å²) in [6, 6.07) is 0.942. The van der Waals surface area contributed by atoms with E-state index in [4.69, 9.17) is 44.0 Å². The van der Waals surface area contributed by atoms with Gasteiger partial charge in [0.05, 0.1) is 38.8 Å². The van der Waals surface area contributed by atoms with Crippen LogP contribution in [-0.4, -0.2) is 174 Å². The number of aryl methyl sites for hydroxylation is 1. The monoisotopic (exact) mass is 1170 g/mol. The van der Waals surface area contributed by atoms with E-state index in [9.17, 15) is 72.3 Å². The normalized spacial score (nSPS) is 29.8. The zero-order chi connectivity index (χ0) is 56.3. The zero-order valence-corrected chi connectivity index (χ0v) is 43.9. The number of phosphoric ester groups is 2. The second kappa shape index (κ2) is 22.2. The first kappa shape index (κ1) is 58.1. The number of aliphatic hydroxyl groups excluding tert-OH is 3. The third kappa shape index (κ3) is 12.5. The lowest BCUT2D eigenvalue weighted by atomic mass is 9.94. The van der Waals surface area contributed by atoms with E-state index >= 15 is 0 Å². The molecule has 0 aromatic carbocycles. The number of phosphoric acid groups is 3. The third-order valence-corrected chi connectivity index (χ3v) is 18.0. The molecule has 5 aromatic heterocycles. The summed E-state index contributed by atoms with van der Waals surface area (Å²) in [6.45, 7) is -2.31. The molecule has 0 bridgehead atoms. The van der Waals surface area contributed by atoms with E-state index in [0.29, 0.717) is 0 Å². The standard InChI is InChI=1S/C36H51N13O24P4/c1-45(2)20(51)9-15-17(69-32(23(15)52)49-14-46(3)22-30(49)43-35(38)44-31(22)55)10-66-75(59,60)72-77(63,64)73-76(61,62)67-11-18-26(27(65-4)34(70-18)48-13-41-21-28(37)39-12-40-29(21)48)71-74(57,58)8-6-16-24(53)25(54)33(68-16)47-7-5-19(50)42-36(47)56/h5,7,12-18,23-27,32-34,52-54H,6,8-11H2,1-4H3,(H9-,37,38,39,40,42,43,44,50,55,56,57,58,59,60,61,62,63,64)/t15-,16-,17-,18-,23-,24-,25-,26-,27-,32-,33-,34-/m1/s1. The average molecular weight is 1170 g/mol. The summed E-state index contributed by atoms with van der Waals surface area (Å²) < 4.78 is 105. The molecule has 3 saturated heterocycles. The summed E-state index contributed by atoms with van der Waals surface area (Å²) in [5.74, 6) is -2.18. The number of amides is 1. The molecule has 0 aliphatic carbocycles. The molecule has 41 heteroatoms. The lowest BCUT2D eigenvalue weighted by Gasteiger charge is -2.32. The van der Waals surface area contributed by atoms with Crippen LogP contribution in [0.15, 0.2) is 45.6 Å². The molecule has 3 aliphatic rings. The van der Waals surface area contributed by atoms with Crippen molar-refractivity contribution in [1.82, 2.24) is 48.5 Å². The Bertz CT molecular complexity index is 3410. The van der Waals surface area contributed by atoms with Gasteiger partial charge in [0.2, 0.25) is 17.7 Å². The number of anilines is 2. The Morgan fingerprint density at radius 1 is 0.870 bits per heavy atom. The van der Waals surface area contributed by atoms with Crippen LogP contribution in [0, 0.1) is 5.92 Å². The first-order chi connectivity index (χ1) is 36.0. The second-order valence-electron chi connectivity index (χ2n) is 17.7. The van der Waals surface area contributed by atoms with Crippen molar-refractivity contribution in [3.63, 3.8) is 0 Å². The number of nitrogen functional groups attached to an aromatic ring is 2. The van der Waals surface area contributed by atoms with Crippen molar-refractivity contribution >= 4 is 71.1 Å². The van der Waals surface area contributed by atoms with Crippen molar-refractivity contribution in [3.8, 4) is 0 Å². The van der Waals surface area contributed by atoms with Crippen molar-refractivity contribution in [2.45, 2.75) is 80.4 Å². The zero-order valence-electron chi connectivity index (χ0n) is 40.4. The minimum absolute atomic E-state index is 0.00792. The van der Waals surface area contributed by atoms with Crippen molar-refractivity contribution in [2.75, 3.05) is 52.0 Å². The van der Waals surface area contributed by atoms with Gasteiger partial charge in [0, 0.05) is 52.0 Å². The van der Waals surface area contributed by atoms with E-state index in [-0.39, 0.29) is 34.1 Å². The molecule has 0 spiro atoms. The predicted molar refractivity (Wildman–Crippen MR) is 250 cm³/mol. The number of fused-ring (bicyclic) bond motifs is 2. The Hall–Kier alpha value is -5.07. The molecule has 1 amide bonds. The highest BCUT2D eigenvalue weighted by Gasteiger charge is 2.53. The number of H-pyrrole nitrogens is 2. The molecule has 0 saturated carbocycles. The fraction of sp³-hybridized carbons (Fsp3) is 0.583. The maximum Gasteiger partial charge on any atom is 0.490 e. The van der Waals surface area contributed by atoms with Crippen LogP contribution in [0.25, 0.3) is 22.3 Å². The Labute approximate surface area is 430 Å². The highest BCUT2D eigenvalue weighted by atomic mass is 31.3. The molecule has 3 fully saturated rings. The number of methoxy groups -OCH3 is 1. The van der Waals surface area contributed by atoms with E-state index in [0.717, 1.165) is 36.6 Å². The van der Waals surface area contributed by atoms with Gasteiger partial charge in [-0.05, 0) is 6.42 Å². The number of imidazole rings is 2. The van der Waals surface area contributed by atoms with Crippen LogP contribution in [0.5, 0.6) is 0 Å². The fourth-order valence-corrected chi connectivity index (χ4v) is 13.6. The number of ether oxygens (including phenoxy) is 4. The van der Waals surface area contributed by atoms with Gasteiger partial charge >= 0.3 is 34.8 Å². The molecule has 3 aliphatic heterocycles. The second-order valence-corrected chi connectivity index (χ2v) is 24.2. The van der Waals surface area contributed by atoms with E-state index in [1.165, 1.54) is 46.1 Å². The van der Waals surface area contributed by atoms with E-state index in [2.05, 4.69) is 33.5 Å². The molecule has 5 aromatic rings. The van der Waals surface area contributed by atoms with Gasteiger partial charge in [0.25, 0.3) is 17.1 Å². The number of hydrogen-bond acceptors (Lipinski definition) is 27. The molecular weight excluding hydrogens is 1120 g/mol. The van der Waals surface area contributed by atoms with Crippen LogP contribution in [0.4, 0.5) is 11.8 Å². The first-order valence-electron chi connectivity index (χ1n) is 22.4. The number of nitrogens with two attached hydrogens (primary N) is 2. The molecule has 12 N–H and O–H groups in total. The maximum atomic E-state index is 13.7. The number of aliphatic hydroxyl groups is 3. The molecule has 0 radical (unpaired) electrons. The Balaban J connectivity index is 0.951. The maximum absolute atomic E-state index is 13.7. The van der Waals surface area contributed by atoms with Crippen molar-refractivity contribution < 1.29 is 104 Å². The highest BCUT2D eigenvalue weighted by Crippen LogP contribution is 2.68. The minimum Gasteiger partial charge on any atom is -0.778 e. The van der Waals surface area contributed by atoms with Gasteiger partial charge in [-0.25, -0.2) is 38.0 Å². The summed E-state index contributed by atoms with van der Waals surface area (Å²) >= 11 is 0. The van der Waals surface area contributed by atoms with Gasteiger partial charge < -0.3 is 79.3 Å². The first-order valence-corrected chi connectivity index (χ1v) is 28.6. The minimum atomic E-state index is -6.23. The Morgan fingerprint density at radius 2 is 1.53 bits per heavy atom. The summed E-state index contributed by atoms with van der Waals surface area (Å²) in [5, 5.41) is 32.8. The number of carbonyl (C=O) groups excluding carboxylic acids is 1. The van der Waals surface area contributed by atoms with Gasteiger partial charge in [0.1, 0.15) is 56.1 Å². The summed E-state index contributed by atoms with van der Waals surface area (Å²) in [7, 11) is -17.9. The van der Waals surface area contributed by atoms with E-state index in [1.54, 1.807) is 0 Å². The molecule has 8 rings (SSSR count). The van der Waals surface area contributed by atoms with Gasteiger partial charge in [-0.1, -0.05) is 4.98 Å². The van der Waals surface area contributed by atoms with Crippen LogP contribution in [-0.2, 0) is 71.2 Å². The van der Waals surface area contributed by atoms with Gasteiger partial charge in [-0.2, -0.15) is 8.62 Å². The number of carbonyl (C=O) groups is 1. The summed E-state index contributed by atoms with van der Waals surface area (Å²) in [4.78, 5) is 117. The molecule has 424 valence electrons. The molecule has 16 atom stereocenters. The predicted octanol–water partition coefficient (Wildman–Crippen LogP) is -4.32. The molecular formula is C36H51N13O24P4. The van der Waals surface area contributed by atoms with Gasteiger partial charge in [-0.15, -0.1) is 0 Å². The summed E-state index contributed by atoms with van der Waals surface area (Å²) in [6.07, 6.45) is -15.2. The molecule has 8 heterocycles. The fourth-order valence-electron chi connectivity index (χ4n) is 8.78. The van der Waals surface area contributed by atoms with Crippen molar-refractivity contribution in [3.05, 3.63) is 62.4 Å². The lowest BCUT2D eigenvalue weighted by Crippen LogP contribution is -2.45. The summed E-state index contributed by atoms with van der Waals surface area (Å²) in [5.41, 5.74) is 9.23. The number of nitrogens with one attached hydrogen (secondary N) is 2. The van der Waals surface area contributed by atoms with Gasteiger partial charge in [-0.3, -0.25) is 47.1 Å². The molecule has 37 nitrogen and oxygen atoms in total. The van der Waals surface area contributed by atoms with E-state index in [1.807, 2.05) is 4.98 Å². The van der Waals surface area contributed by atoms with Crippen LogP contribution >= 0.6 is 31.1 Å². The van der Waals surface area contributed by atoms with Crippen LogP contribution in [0.2, 0.25) is 0 Å². The largest absolute Gasteiger partial charge is 0.778 e. The Kier molecular flexibility index (Phi) is 16.8. The van der Waals surface area contributed by atoms with Crippen LogP contribution in [0.3, 0.4) is 0 Å². The van der Waals surface area contributed by atoms with Gasteiger partial charge in [0.15, 0.2) is 30.2 Å². The number of nitrogens with zero attached hydrogens (tertiary/aromatic N) is 9. The van der Waals surface area contributed by atoms with Crippen molar-refractivity contribution in [1.29, 1.82) is 0 Å². The van der Waals surface area contributed by atoms with Crippen LogP contribution in [0.1, 0.15) is 31.5 Å². The Morgan fingerprint density at radius 3 is 2.18 bits per heavy atom. The molecule has 4 unspecified atom stereocenters. The number of aromatic nitrogens is 10. The van der Waals surface area contributed by atoms with E-state index < -0.39 is 159 Å². The smallest absolute Gasteiger partial charge is 0.490 e. The molecule has 77 heavy (non-hydrogen) atoms. The number of rotatable bonds is 21.